The second-order valence-electron chi connectivity index (χ2n) is 4.13. The lowest BCUT2D eigenvalue weighted by molar-refractivity contribution is 0.560. The fourth-order valence-corrected chi connectivity index (χ4v) is 3.20. The van der Waals surface area contributed by atoms with E-state index in [1.54, 1.807) is 18.2 Å². The Kier molecular flexibility index (Phi) is 3.28. The molecule has 1 saturated heterocycles. The fraction of sp³-hybridized carbons (Fsp3) is 0.455. The van der Waals surface area contributed by atoms with E-state index in [-0.39, 0.29) is 6.04 Å². The highest BCUT2D eigenvalue weighted by Gasteiger charge is 2.22. The van der Waals surface area contributed by atoms with E-state index in [0.717, 1.165) is 18.5 Å². The number of sulfonamides is 1. The Labute approximate surface area is 96.1 Å². The Balaban J connectivity index is 2.18. The molecule has 1 unspecified atom stereocenters. The molecule has 16 heavy (non-hydrogen) atoms. The van der Waals surface area contributed by atoms with Gasteiger partial charge in [-0.15, -0.1) is 0 Å². The maximum Gasteiger partial charge on any atom is 0.240 e. The van der Waals surface area contributed by atoms with Gasteiger partial charge in [0.2, 0.25) is 10.0 Å². The molecule has 1 aromatic rings. The standard InChI is InChI=1S/C11H16N2O2S/c1-9-3-2-4-11(7-9)16(14,15)13-10-5-6-12-8-10/h2-4,7,10,12-13H,5-6,8H2,1H3. The van der Waals surface area contributed by atoms with E-state index < -0.39 is 10.0 Å². The molecule has 0 bridgehead atoms. The zero-order chi connectivity index (χ0) is 11.6. The number of aryl methyl sites for hydroxylation is 1. The van der Waals surface area contributed by atoms with E-state index >= 15 is 0 Å². The molecule has 0 radical (unpaired) electrons. The minimum Gasteiger partial charge on any atom is -0.315 e. The minimum atomic E-state index is -3.36. The lowest BCUT2D eigenvalue weighted by Gasteiger charge is -2.12. The normalized spacial score (nSPS) is 21.2. The molecule has 1 fully saturated rings. The molecule has 1 aromatic carbocycles. The first-order chi connectivity index (χ1) is 7.58. The maximum absolute atomic E-state index is 12.0. The highest BCUT2D eigenvalue weighted by Crippen LogP contribution is 2.12. The highest BCUT2D eigenvalue weighted by atomic mass is 32.2. The van der Waals surface area contributed by atoms with E-state index in [2.05, 4.69) is 10.0 Å². The van der Waals surface area contributed by atoms with Gasteiger partial charge in [0.05, 0.1) is 4.90 Å². The lowest BCUT2D eigenvalue weighted by Crippen LogP contribution is -2.36. The van der Waals surface area contributed by atoms with Crippen molar-refractivity contribution in [2.75, 3.05) is 13.1 Å². The van der Waals surface area contributed by atoms with Crippen LogP contribution in [0, 0.1) is 6.92 Å². The Morgan fingerprint density at radius 2 is 2.25 bits per heavy atom. The van der Waals surface area contributed by atoms with Gasteiger partial charge >= 0.3 is 0 Å². The van der Waals surface area contributed by atoms with E-state index in [4.69, 9.17) is 0 Å². The molecule has 0 aromatic heterocycles. The summed E-state index contributed by atoms with van der Waals surface area (Å²) < 4.78 is 26.7. The zero-order valence-electron chi connectivity index (χ0n) is 9.23. The lowest BCUT2D eigenvalue weighted by atomic mass is 10.2. The van der Waals surface area contributed by atoms with E-state index in [9.17, 15) is 8.42 Å². The van der Waals surface area contributed by atoms with Crippen LogP contribution in [0.5, 0.6) is 0 Å². The molecule has 2 N–H and O–H groups in total. The summed E-state index contributed by atoms with van der Waals surface area (Å²) in [5.74, 6) is 0. The minimum absolute atomic E-state index is 0.0190. The van der Waals surface area contributed by atoms with Gasteiger partial charge in [-0.3, -0.25) is 0 Å². The molecule has 0 amide bonds. The summed E-state index contributed by atoms with van der Waals surface area (Å²) in [4.78, 5) is 0.347. The molecule has 1 atom stereocenters. The largest absolute Gasteiger partial charge is 0.315 e. The van der Waals surface area contributed by atoms with Crippen LogP contribution in [0.15, 0.2) is 29.2 Å². The summed E-state index contributed by atoms with van der Waals surface area (Å²) in [6.45, 7) is 3.47. The Morgan fingerprint density at radius 1 is 1.44 bits per heavy atom. The maximum atomic E-state index is 12.0. The summed E-state index contributed by atoms with van der Waals surface area (Å²) in [5, 5.41) is 3.13. The topological polar surface area (TPSA) is 58.2 Å². The monoisotopic (exact) mass is 240 g/mol. The van der Waals surface area contributed by atoms with Crippen LogP contribution in [0.25, 0.3) is 0 Å². The van der Waals surface area contributed by atoms with Crippen LogP contribution >= 0.6 is 0 Å². The molecule has 1 aliphatic heterocycles. The van der Waals surface area contributed by atoms with Gasteiger partial charge in [0.15, 0.2) is 0 Å². The third-order valence-corrected chi connectivity index (χ3v) is 4.20. The number of hydrogen-bond donors (Lipinski definition) is 2. The second kappa shape index (κ2) is 4.53. The number of nitrogens with one attached hydrogen (secondary N) is 2. The first-order valence-electron chi connectivity index (χ1n) is 5.38. The number of benzene rings is 1. The molecule has 5 heteroatoms. The molecule has 1 heterocycles. The molecule has 0 saturated carbocycles. The van der Waals surface area contributed by atoms with Crippen LogP contribution in [0.1, 0.15) is 12.0 Å². The van der Waals surface area contributed by atoms with Gasteiger partial charge in [0.25, 0.3) is 0 Å². The Bertz CT molecular complexity index is 465. The van der Waals surface area contributed by atoms with Crippen LogP contribution in [0.2, 0.25) is 0 Å². The third kappa shape index (κ3) is 2.61. The van der Waals surface area contributed by atoms with Crippen LogP contribution in [-0.4, -0.2) is 27.5 Å². The van der Waals surface area contributed by atoms with Gasteiger partial charge in [0, 0.05) is 12.6 Å². The van der Waals surface area contributed by atoms with Gasteiger partial charge < -0.3 is 5.32 Å². The van der Waals surface area contributed by atoms with Crippen molar-refractivity contribution < 1.29 is 8.42 Å². The molecule has 2 rings (SSSR count). The van der Waals surface area contributed by atoms with Gasteiger partial charge in [-0.05, 0) is 37.6 Å². The SMILES string of the molecule is Cc1cccc(S(=O)(=O)NC2CCNC2)c1. The van der Waals surface area contributed by atoms with Gasteiger partial charge in [-0.1, -0.05) is 12.1 Å². The Hall–Kier alpha value is -0.910. The second-order valence-corrected chi connectivity index (χ2v) is 5.84. The van der Waals surface area contributed by atoms with Crippen LogP contribution in [0.3, 0.4) is 0 Å². The van der Waals surface area contributed by atoms with E-state index in [1.807, 2.05) is 13.0 Å². The van der Waals surface area contributed by atoms with Crippen LogP contribution < -0.4 is 10.0 Å². The first-order valence-corrected chi connectivity index (χ1v) is 6.86. The van der Waals surface area contributed by atoms with Gasteiger partial charge in [-0.2, -0.15) is 0 Å². The van der Waals surface area contributed by atoms with Crippen LogP contribution in [-0.2, 0) is 10.0 Å². The van der Waals surface area contributed by atoms with Crippen molar-refractivity contribution in [3.63, 3.8) is 0 Å². The van der Waals surface area contributed by atoms with E-state index in [1.165, 1.54) is 0 Å². The molecule has 0 aliphatic carbocycles. The fourth-order valence-electron chi connectivity index (χ4n) is 1.83. The van der Waals surface area contributed by atoms with Crippen molar-refractivity contribution in [1.29, 1.82) is 0 Å². The molecule has 0 spiro atoms. The smallest absolute Gasteiger partial charge is 0.240 e. The molecule has 1 aliphatic rings. The Morgan fingerprint density at radius 3 is 2.88 bits per heavy atom. The third-order valence-electron chi connectivity index (χ3n) is 2.68. The summed E-state index contributed by atoms with van der Waals surface area (Å²) in [5.41, 5.74) is 0.951. The first kappa shape index (κ1) is 11.6. The van der Waals surface area contributed by atoms with Crippen molar-refractivity contribution in [3.8, 4) is 0 Å². The van der Waals surface area contributed by atoms with Crippen molar-refractivity contribution in [2.45, 2.75) is 24.3 Å². The van der Waals surface area contributed by atoms with E-state index in [0.29, 0.717) is 11.4 Å². The van der Waals surface area contributed by atoms with Crippen molar-refractivity contribution >= 4 is 10.0 Å². The number of rotatable bonds is 3. The summed E-state index contributed by atoms with van der Waals surface area (Å²) in [6.07, 6.45) is 0.852. The summed E-state index contributed by atoms with van der Waals surface area (Å²) >= 11 is 0. The predicted molar refractivity (Wildman–Crippen MR) is 62.8 cm³/mol. The van der Waals surface area contributed by atoms with Gasteiger partial charge in [-0.25, -0.2) is 13.1 Å². The van der Waals surface area contributed by atoms with Crippen molar-refractivity contribution in [3.05, 3.63) is 29.8 Å². The average molecular weight is 240 g/mol. The molecule has 4 nitrogen and oxygen atoms in total. The molecular formula is C11H16N2O2S. The summed E-state index contributed by atoms with van der Waals surface area (Å²) in [7, 11) is -3.36. The van der Waals surface area contributed by atoms with Crippen molar-refractivity contribution in [1.82, 2.24) is 10.0 Å². The number of hydrogen-bond acceptors (Lipinski definition) is 3. The predicted octanol–water partition coefficient (Wildman–Crippen LogP) is 0.635. The quantitative estimate of drug-likeness (QED) is 0.815. The average Bonchev–Trinajstić information content (AvgIpc) is 2.70. The van der Waals surface area contributed by atoms with Crippen LogP contribution in [0.4, 0.5) is 0 Å². The van der Waals surface area contributed by atoms with Crippen molar-refractivity contribution in [2.24, 2.45) is 0 Å². The summed E-state index contributed by atoms with van der Waals surface area (Å²) in [6, 6.07) is 6.97. The molecule has 88 valence electrons. The zero-order valence-corrected chi connectivity index (χ0v) is 10.0. The molecular weight excluding hydrogens is 224 g/mol. The highest BCUT2D eigenvalue weighted by molar-refractivity contribution is 7.89. The van der Waals surface area contributed by atoms with Gasteiger partial charge in [0.1, 0.15) is 0 Å².